The molecule has 278 valence electrons. The van der Waals surface area contributed by atoms with Crippen LogP contribution in [0.3, 0.4) is 0 Å². The lowest BCUT2D eigenvalue weighted by atomic mass is 9.88. The molecule has 10 aromatic rings. The Balaban J connectivity index is 1.08. The first kappa shape index (κ1) is 35.7. The van der Waals surface area contributed by atoms with E-state index in [1.54, 1.807) is 0 Å². The van der Waals surface area contributed by atoms with Crippen LogP contribution < -0.4 is 4.90 Å². The summed E-state index contributed by atoms with van der Waals surface area (Å²) in [6, 6.07) is 89.8. The van der Waals surface area contributed by atoms with Gasteiger partial charge in [0, 0.05) is 16.6 Å². The second kappa shape index (κ2) is 16.0. The van der Waals surface area contributed by atoms with Crippen LogP contribution in [0.15, 0.2) is 249 Å². The number of nitrogens with zero attached hydrogens (tertiary/aromatic N) is 1. The molecule has 10 aromatic carbocycles. The van der Waals surface area contributed by atoms with Gasteiger partial charge in [-0.1, -0.05) is 224 Å². The summed E-state index contributed by atoms with van der Waals surface area (Å²) in [5.41, 5.74) is 17.7. The molecule has 0 amide bonds. The second-order valence-electron chi connectivity index (χ2n) is 14.9. The molecule has 59 heavy (non-hydrogen) atoms. The predicted molar refractivity (Wildman–Crippen MR) is 251 cm³/mol. The van der Waals surface area contributed by atoms with Gasteiger partial charge in [-0.15, -0.1) is 0 Å². The first-order valence-corrected chi connectivity index (χ1v) is 20.3. The molecular weight excluding hydrogens is 711 g/mol. The number of hydrogen-bond acceptors (Lipinski definition) is 1. The van der Waals surface area contributed by atoms with Gasteiger partial charge in [0.15, 0.2) is 0 Å². The lowest BCUT2D eigenvalue weighted by Crippen LogP contribution is -2.12. The van der Waals surface area contributed by atoms with Gasteiger partial charge in [-0.2, -0.15) is 0 Å². The SMILES string of the molecule is c1ccc(-c2ccc(-c3ccc(N(c4ccccc4-c4ccccc4-c4ccccc4-c4ccc(-c5ccccc5)cc4)c4cccc5ccccc45)cc3)cc2)cc1. The van der Waals surface area contributed by atoms with E-state index in [1.807, 2.05) is 0 Å². The first-order valence-electron chi connectivity index (χ1n) is 20.3. The molecule has 0 spiro atoms. The van der Waals surface area contributed by atoms with E-state index in [0.29, 0.717) is 0 Å². The van der Waals surface area contributed by atoms with Gasteiger partial charge in [0.25, 0.3) is 0 Å². The number of fused-ring (bicyclic) bond motifs is 1. The van der Waals surface area contributed by atoms with Crippen LogP contribution in [0.5, 0.6) is 0 Å². The van der Waals surface area contributed by atoms with Crippen molar-refractivity contribution < 1.29 is 0 Å². The van der Waals surface area contributed by atoms with Crippen molar-refractivity contribution >= 4 is 27.8 Å². The maximum absolute atomic E-state index is 2.44. The average molecular weight is 752 g/mol. The van der Waals surface area contributed by atoms with Crippen LogP contribution in [-0.2, 0) is 0 Å². The van der Waals surface area contributed by atoms with E-state index < -0.39 is 0 Å². The summed E-state index contributed by atoms with van der Waals surface area (Å²) in [6.07, 6.45) is 0. The molecule has 0 heterocycles. The minimum absolute atomic E-state index is 1.09. The van der Waals surface area contributed by atoms with Gasteiger partial charge in [-0.3, -0.25) is 0 Å². The van der Waals surface area contributed by atoms with Crippen molar-refractivity contribution in [1.82, 2.24) is 0 Å². The molecule has 0 saturated heterocycles. The summed E-state index contributed by atoms with van der Waals surface area (Å²) in [6.45, 7) is 0. The van der Waals surface area contributed by atoms with Crippen molar-refractivity contribution in [1.29, 1.82) is 0 Å². The number of anilines is 3. The molecule has 0 unspecified atom stereocenters. The minimum atomic E-state index is 1.09. The third-order valence-electron chi connectivity index (χ3n) is 11.3. The zero-order valence-corrected chi connectivity index (χ0v) is 32.6. The van der Waals surface area contributed by atoms with Crippen LogP contribution in [0.4, 0.5) is 17.1 Å². The van der Waals surface area contributed by atoms with E-state index in [9.17, 15) is 0 Å². The highest BCUT2D eigenvalue weighted by atomic mass is 15.1. The highest BCUT2D eigenvalue weighted by Crippen LogP contribution is 2.47. The van der Waals surface area contributed by atoms with Gasteiger partial charge < -0.3 is 4.90 Å². The quantitative estimate of drug-likeness (QED) is 0.142. The fourth-order valence-electron chi connectivity index (χ4n) is 8.39. The van der Waals surface area contributed by atoms with Crippen molar-refractivity contribution in [2.24, 2.45) is 0 Å². The molecule has 1 heteroatoms. The summed E-state index contributed by atoms with van der Waals surface area (Å²) in [5, 5.41) is 2.40. The molecule has 0 fully saturated rings. The van der Waals surface area contributed by atoms with E-state index in [2.05, 4.69) is 254 Å². The van der Waals surface area contributed by atoms with Gasteiger partial charge in [0.1, 0.15) is 0 Å². The molecule has 0 radical (unpaired) electrons. The molecule has 0 N–H and O–H groups in total. The van der Waals surface area contributed by atoms with Crippen LogP contribution in [0.25, 0.3) is 77.5 Å². The molecular formula is C58H41N. The Hall–Kier alpha value is -7.74. The molecule has 0 aliphatic heterocycles. The predicted octanol–water partition coefficient (Wildman–Crippen LogP) is 16.3. The summed E-state index contributed by atoms with van der Waals surface area (Å²) >= 11 is 0. The van der Waals surface area contributed by atoms with Crippen molar-refractivity contribution in [3.05, 3.63) is 249 Å². The highest BCUT2D eigenvalue weighted by Gasteiger charge is 2.21. The Morgan fingerprint density at radius 2 is 0.559 bits per heavy atom. The van der Waals surface area contributed by atoms with E-state index in [1.165, 1.54) is 72.0 Å². The second-order valence-corrected chi connectivity index (χ2v) is 14.9. The normalized spacial score (nSPS) is 11.1. The van der Waals surface area contributed by atoms with Crippen molar-refractivity contribution in [2.75, 3.05) is 4.90 Å². The Morgan fingerprint density at radius 3 is 1.14 bits per heavy atom. The molecule has 1 nitrogen and oxygen atoms in total. The average Bonchev–Trinajstić information content (AvgIpc) is 3.33. The maximum atomic E-state index is 2.44. The van der Waals surface area contributed by atoms with Gasteiger partial charge >= 0.3 is 0 Å². The van der Waals surface area contributed by atoms with Crippen molar-refractivity contribution in [3.8, 4) is 66.8 Å². The Kier molecular flexibility index (Phi) is 9.68. The van der Waals surface area contributed by atoms with Crippen LogP contribution in [0.1, 0.15) is 0 Å². The zero-order chi connectivity index (χ0) is 39.4. The number of para-hydroxylation sites is 1. The van der Waals surface area contributed by atoms with Crippen molar-refractivity contribution in [2.45, 2.75) is 0 Å². The lowest BCUT2D eigenvalue weighted by Gasteiger charge is -2.29. The molecule has 0 aromatic heterocycles. The molecule has 0 aliphatic rings. The third-order valence-corrected chi connectivity index (χ3v) is 11.3. The fraction of sp³-hybridized carbons (Fsp3) is 0. The topological polar surface area (TPSA) is 3.24 Å². The van der Waals surface area contributed by atoms with Crippen LogP contribution in [-0.4, -0.2) is 0 Å². The maximum Gasteiger partial charge on any atom is 0.0540 e. The van der Waals surface area contributed by atoms with Crippen LogP contribution in [0, 0.1) is 0 Å². The molecule has 0 aliphatic carbocycles. The summed E-state index contributed by atoms with van der Waals surface area (Å²) in [4.78, 5) is 2.44. The Labute approximate surface area is 346 Å². The summed E-state index contributed by atoms with van der Waals surface area (Å²) < 4.78 is 0. The van der Waals surface area contributed by atoms with Gasteiger partial charge in [-0.05, 0) is 90.8 Å². The summed E-state index contributed by atoms with van der Waals surface area (Å²) in [7, 11) is 0. The number of benzene rings is 10. The lowest BCUT2D eigenvalue weighted by molar-refractivity contribution is 1.30. The summed E-state index contributed by atoms with van der Waals surface area (Å²) in [5.74, 6) is 0. The Bertz CT molecular complexity index is 3000. The molecule has 0 atom stereocenters. The smallest absolute Gasteiger partial charge is 0.0540 e. The monoisotopic (exact) mass is 751 g/mol. The van der Waals surface area contributed by atoms with E-state index in [4.69, 9.17) is 0 Å². The van der Waals surface area contributed by atoms with Crippen LogP contribution in [0.2, 0.25) is 0 Å². The standard InChI is InChI=1S/C58H41N/c1-3-16-42(17-4-1)44-30-32-46(33-31-44)47-38-40-50(41-39-47)59(57-29-15-21-48-20-7-8-23-52(48)57)58-28-14-13-27-56(58)55-26-12-11-25-54(55)53-24-10-9-22-51(53)49-36-34-45(35-37-49)43-18-5-2-6-19-43/h1-41H. The number of rotatable bonds is 9. The van der Waals surface area contributed by atoms with Gasteiger partial charge in [-0.25, -0.2) is 0 Å². The van der Waals surface area contributed by atoms with E-state index in [-0.39, 0.29) is 0 Å². The van der Waals surface area contributed by atoms with E-state index >= 15 is 0 Å². The molecule has 0 bridgehead atoms. The van der Waals surface area contributed by atoms with Crippen LogP contribution >= 0.6 is 0 Å². The van der Waals surface area contributed by atoms with E-state index in [0.717, 1.165) is 22.6 Å². The van der Waals surface area contributed by atoms with Gasteiger partial charge in [0.2, 0.25) is 0 Å². The third kappa shape index (κ3) is 7.12. The highest BCUT2D eigenvalue weighted by molar-refractivity contribution is 6.03. The Morgan fingerprint density at radius 1 is 0.203 bits per heavy atom. The fourth-order valence-corrected chi connectivity index (χ4v) is 8.39. The first-order chi connectivity index (χ1) is 29.3. The molecule has 0 saturated carbocycles. The number of hydrogen-bond donors (Lipinski definition) is 0. The van der Waals surface area contributed by atoms with Crippen molar-refractivity contribution in [3.63, 3.8) is 0 Å². The van der Waals surface area contributed by atoms with Gasteiger partial charge in [0.05, 0.1) is 11.4 Å². The largest absolute Gasteiger partial charge is 0.309 e. The molecule has 10 rings (SSSR count). The zero-order valence-electron chi connectivity index (χ0n) is 32.6. The minimum Gasteiger partial charge on any atom is -0.309 e.